The van der Waals surface area contributed by atoms with Crippen LogP contribution in [0.3, 0.4) is 0 Å². The summed E-state index contributed by atoms with van der Waals surface area (Å²) in [5, 5.41) is 3.68. The van der Waals surface area contributed by atoms with E-state index in [0.717, 1.165) is 55.8 Å². The van der Waals surface area contributed by atoms with Gasteiger partial charge in [0.25, 0.3) is 0 Å². The number of nitrogens with zero attached hydrogens (tertiary/aromatic N) is 3. The number of hydrogen-bond donors (Lipinski definition) is 1. The highest BCUT2D eigenvalue weighted by Crippen LogP contribution is 2.24. The average Bonchev–Trinajstić information content (AvgIpc) is 3.21. The maximum Gasteiger partial charge on any atom is 0.194 e. The van der Waals surface area contributed by atoms with Crippen LogP contribution in [0, 0.1) is 13.8 Å². The molecule has 1 fully saturated rings. The minimum atomic E-state index is 0.308. The molecule has 7 heteroatoms. The monoisotopic (exact) mass is 400 g/mol. The fourth-order valence-corrected chi connectivity index (χ4v) is 4.71. The van der Waals surface area contributed by atoms with Gasteiger partial charge in [-0.05, 0) is 31.5 Å². The summed E-state index contributed by atoms with van der Waals surface area (Å²) in [6, 6.07) is 8.74. The minimum absolute atomic E-state index is 0.308. The van der Waals surface area contributed by atoms with E-state index >= 15 is 0 Å². The summed E-state index contributed by atoms with van der Waals surface area (Å²) < 4.78 is 13.1. The van der Waals surface area contributed by atoms with Crippen molar-refractivity contribution in [2.24, 2.45) is 0 Å². The molecule has 150 valence electrons. The quantitative estimate of drug-likeness (QED) is 0.660. The second-order valence-electron chi connectivity index (χ2n) is 7.21. The van der Waals surface area contributed by atoms with Gasteiger partial charge in [0.05, 0.1) is 31.7 Å². The van der Waals surface area contributed by atoms with Crippen LogP contribution in [0.5, 0.6) is 5.75 Å². The zero-order valence-corrected chi connectivity index (χ0v) is 17.6. The number of imidazole rings is 1. The Morgan fingerprint density at radius 2 is 1.96 bits per heavy atom. The molecule has 0 aliphatic carbocycles. The van der Waals surface area contributed by atoms with Gasteiger partial charge in [-0.25, -0.2) is 4.98 Å². The van der Waals surface area contributed by atoms with Gasteiger partial charge in [0.15, 0.2) is 4.96 Å². The summed E-state index contributed by atoms with van der Waals surface area (Å²) in [4.78, 5) is 9.57. The van der Waals surface area contributed by atoms with Gasteiger partial charge in [0.2, 0.25) is 0 Å². The van der Waals surface area contributed by atoms with Crippen LogP contribution in [-0.4, -0.2) is 54.2 Å². The highest BCUT2D eigenvalue weighted by molar-refractivity contribution is 7.17. The Balaban J connectivity index is 1.49. The number of fused-ring (bicyclic) bond motifs is 1. The maximum atomic E-state index is 5.56. The van der Waals surface area contributed by atoms with Gasteiger partial charge in [0, 0.05) is 43.3 Å². The number of thiazole rings is 1. The van der Waals surface area contributed by atoms with Crippen LogP contribution in [0.25, 0.3) is 4.96 Å². The van der Waals surface area contributed by atoms with Crippen molar-refractivity contribution in [3.8, 4) is 5.75 Å². The predicted molar refractivity (Wildman–Crippen MR) is 112 cm³/mol. The van der Waals surface area contributed by atoms with Crippen LogP contribution in [0.15, 0.2) is 30.5 Å². The van der Waals surface area contributed by atoms with Crippen LogP contribution < -0.4 is 10.1 Å². The number of hydrogen-bond acceptors (Lipinski definition) is 6. The molecule has 3 heterocycles. The summed E-state index contributed by atoms with van der Waals surface area (Å²) in [5.74, 6) is 0.891. The lowest BCUT2D eigenvalue weighted by atomic mass is 10.0. The van der Waals surface area contributed by atoms with E-state index in [1.807, 2.05) is 12.1 Å². The van der Waals surface area contributed by atoms with Crippen molar-refractivity contribution in [1.29, 1.82) is 0 Å². The van der Waals surface area contributed by atoms with Crippen LogP contribution >= 0.6 is 11.3 Å². The van der Waals surface area contributed by atoms with Crippen molar-refractivity contribution < 1.29 is 9.47 Å². The third-order valence-corrected chi connectivity index (χ3v) is 6.26. The van der Waals surface area contributed by atoms with Crippen molar-refractivity contribution in [2.75, 3.05) is 40.0 Å². The van der Waals surface area contributed by atoms with E-state index < -0.39 is 0 Å². The lowest BCUT2D eigenvalue weighted by Gasteiger charge is -2.35. The molecule has 0 unspecified atom stereocenters. The largest absolute Gasteiger partial charge is 0.497 e. The van der Waals surface area contributed by atoms with Crippen molar-refractivity contribution in [1.82, 2.24) is 19.6 Å². The Hall–Kier alpha value is -1.93. The third kappa shape index (κ3) is 4.07. The molecule has 4 rings (SSSR count). The van der Waals surface area contributed by atoms with Gasteiger partial charge in [-0.2, -0.15) is 0 Å². The Morgan fingerprint density at radius 1 is 1.21 bits per heavy atom. The summed E-state index contributed by atoms with van der Waals surface area (Å²) in [6.45, 7) is 9.41. The topological polar surface area (TPSA) is 51.0 Å². The molecule has 0 bridgehead atoms. The van der Waals surface area contributed by atoms with Gasteiger partial charge in [-0.15, -0.1) is 11.3 Å². The summed E-state index contributed by atoms with van der Waals surface area (Å²) in [6.07, 6.45) is 2.18. The fraction of sp³-hybridized carbons (Fsp3) is 0.476. The number of ether oxygens (including phenoxy) is 2. The van der Waals surface area contributed by atoms with Gasteiger partial charge in [-0.1, -0.05) is 12.1 Å². The molecule has 3 aromatic rings. The van der Waals surface area contributed by atoms with Gasteiger partial charge in [0.1, 0.15) is 5.75 Å². The summed E-state index contributed by atoms with van der Waals surface area (Å²) >= 11 is 1.74. The van der Waals surface area contributed by atoms with Crippen LogP contribution in [0.4, 0.5) is 0 Å². The molecule has 0 radical (unpaired) electrons. The van der Waals surface area contributed by atoms with Crippen molar-refractivity contribution >= 4 is 16.3 Å². The first-order valence-corrected chi connectivity index (χ1v) is 10.6. The first kappa shape index (κ1) is 19.4. The molecule has 1 aliphatic rings. The molecular weight excluding hydrogens is 372 g/mol. The molecular formula is C21H28N4O2S. The summed E-state index contributed by atoms with van der Waals surface area (Å²) in [5.41, 5.74) is 3.65. The molecule has 0 saturated carbocycles. The van der Waals surface area contributed by atoms with E-state index in [1.165, 1.54) is 16.1 Å². The molecule has 2 aromatic heterocycles. The Labute approximate surface area is 170 Å². The first-order chi connectivity index (χ1) is 13.7. The molecule has 28 heavy (non-hydrogen) atoms. The van der Waals surface area contributed by atoms with E-state index in [0.29, 0.717) is 6.04 Å². The lowest BCUT2D eigenvalue weighted by Crippen LogP contribution is -2.42. The standard InChI is InChI=1S/C21H28N4O2S/c1-15-14-25-19(16(2)23-21(25)28-15)12-22-13-20(24-8-10-27-11-9-24)17-4-6-18(26-3)7-5-17/h4-7,14,20,22H,8-13H2,1-3H3/t20-/m1/s1. The number of nitrogens with one attached hydrogen (secondary N) is 1. The smallest absolute Gasteiger partial charge is 0.194 e. The molecule has 1 N–H and O–H groups in total. The predicted octanol–water partition coefficient (Wildman–Crippen LogP) is 3.18. The molecule has 1 aromatic carbocycles. The van der Waals surface area contributed by atoms with E-state index in [9.17, 15) is 0 Å². The number of aromatic nitrogens is 2. The lowest BCUT2D eigenvalue weighted by molar-refractivity contribution is 0.0160. The molecule has 0 spiro atoms. The van der Waals surface area contributed by atoms with Crippen LogP contribution in [0.2, 0.25) is 0 Å². The molecule has 1 aliphatic heterocycles. The third-order valence-electron chi connectivity index (χ3n) is 5.36. The van der Waals surface area contributed by atoms with E-state index in [1.54, 1.807) is 18.4 Å². The highest BCUT2D eigenvalue weighted by atomic mass is 32.1. The molecule has 1 atom stereocenters. The van der Waals surface area contributed by atoms with E-state index in [4.69, 9.17) is 14.5 Å². The zero-order chi connectivity index (χ0) is 19.5. The second kappa shape index (κ2) is 8.61. The fourth-order valence-electron chi connectivity index (χ4n) is 3.82. The summed E-state index contributed by atoms with van der Waals surface area (Å²) in [7, 11) is 1.71. The highest BCUT2D eigenvalue weighted by Gasteiger charge is 2.23. The van der Waals surface area contributed by atoms with E-state index in [-0.39, 0.29) is 0 Å². The van der Waals surface area contributed by atoms with Crippen LogP contribution in [-0.2, 0) is 11.3 Å². The maximum absolute atomic E-state index is 5.56. The minimum Gasteiger partial charge on any atom is -0.497 e. The molecule has 1 saturated heterocycles. The molecule has 6 nitrogen and oxygen atoms in total. The van der Waals surface area contributed by atoms with E-state index in [2.05, 4.69) is 46.8 Å². The first-order valence-electron chi connectivity index (χ1n) is 9.76. The van der Waals surface area contributed by atoms with Gasteiger partial charge < -0.3 is 14.8 Å². The van der Waals surface area contributed by atoms with Gasteiger partial charge in [-0.3, -0.25) is 9.30 Å². The number of rotatable bonds is 7. The SMILES string of the molecule is COc1ccc([C@@H](CNCc2c(C)nc3sc(C)cn23)N2CCOCC2)cc1. The number of morpholine rings is 1. The van der Waals surface area contributed by atoms with Gasteiger partial charge >= 0.3 is 0 Å². The Bertz CT molecular complexity index is 913. The number of aryl methyl sites for hydroxylation is 2. The number of methoxy groups -OCH3 is 1. The Morgan fingerprint density at radius 3 is 2.68 bits per heavy atom. The zero-order valence-electron chi connectivity index (χ0n) is 16.8. The van der Waals surface area contributed by atoms with Crippen LogP contribution in [0.1, 0.15) is 27.9 Å². The van der Waals surface area contributed by atoms with Crippen molar-refractivity contribution in [2.45, 2.75) is 26.4 Å². The second-order valence-corrected chi connectivity index (χ2v) is 8.42. The normalized spacial score (nSPS) is 16.5. The molecule has 0 amide bonds. The van der Waals surface area contributed by atoms with Crippen molar-refractivity contribution in [3.05, 3.63) is 52.3 Å². The average molecular weight is 401 g/mol. The van der Waals surface area contributed by atoms with Crippen molar-refractivity contribution in [3.63, 3.8) is 0 Å². The Kier molecular flexibility index (Phi) is 5.96. The number of benzene rings is 1.